The number of ether oxygens (including phenoxy) is 2. The van der Waals surface area contributed by atoms with Crippen LogP contribution in [-0.2, 0) is 39.6 Å². The molecule has 0 fully saturated rings. The maximum atomic E-state index is 13.5. The van der Waals surface area contributed by atoms with E-state index in [9.17, 15) is 20.3 Å². The fourth-order valence-electron chi connectivity index (χ4n) is 4.94. The number of aromatic nitrogens is 1. The Bertz CT molecular complexity index is 1020. The van der Waals surface area contributed by atoms with Crippen LogP contribution < -0.4 is 10.2 Å². The second kappa shape index (κ2) is 11.5. The molecule has 12 nitrogen and oxygen atoms in total. The van der Waals surface area contributed by atoms with Crippen LogP contribution in [0.25, 0.3) is 0 Å². The first kappa shape index (κ1) is 32.1. The van der Waals surface area contributed by atoms with Crippen molar-refractivity contribution in [1.29, 1.82) is 0 Å². The van der Waals surface area contributed by atoms with E-state index in [0.29, 0.717) is 11.4 Å². The van der Waals surface area contributed by atoms with Crippen LogP contribution in [0.1, 0.15) is 52.9 Å². The fraction of sp³-hybridized carbons (Fsp3) is 0.720. The van der Waals surface area contributed by atoms with Crippen molar-refractivity contribution in [3.63, 3.8) is 0 Å². The molecule has 0 aliphatic carbocycles. The molecule has 2 unspecified atom stereocenters. The zero-order chi connectivity index (χ0) is 27.8. The molecule has 1 aromatic heterocycles. The van der Waals surface area contributed by atoms with Gasteiger partial charge in [0, 0.05) is 65.6 Å². The number of hydrogen-bond acceptors (Lipinski definition) is 11. The molecule has 4 atom stereocenters. The van der Waals surface area contributed by atoms with Crippen LogP contribution in [-0.4, -0.2) is 94.2 Å². The Balaban J connectivity index is 0.00000507. The molecule has 0 N–H and O–H groups in total. The molecule has 1 aromatic rings. The minimum atomic E-state index is -1.30. The van der Waals surface area contributed by atoms with Crippen molar-refractivity contribution in [2.45, 2.75) is 76.9 Å². The van der Waals surface area contributed by atoms with Gasteiger partial charge in [-0.25, -0.2) is 0 Å². The summed E-state index contributed by atoms with van der Waals surface area (Å²) >= 11 is 0. The van der Waals surface area contributed by atoms with Crippen LogP contribution in [0.2, 0.25) is 0 Å². The molecule has 0 saturated heterocycles. The van der Waals surface area contributed by atoms with Gasteiger partial charge in [-0.15, -0.1) is 0 Å². The summed E-state index contributed by atoms with van der Waals surface area (Å²) in [5.41, 5.74) is -3.48. The number of pyridine rings is 1. The number of methoxy groups -OCH3 is 2. The number of fused-ring (bicyclic) bond motifs is 2. The normalized spacial score (nSPS) is 31.4. The van der Waals surface area contributed by atoms with Crippen LogP contribution in [0.4, 0.5) is 5.69 Å². The Morgan fingerprint density at radius 3 is 1.47 bits per heavy atom. The quantitative estimate of drug-likeness (QED) is 0.282. The molecule has 2 aliphatic heterocycles. The van der Waals surface area contributed by atoms with E-state index in [1.807, 2.05) is 37.5 Å². The second-order valence-electron chi connectivity index (χ2n) is 11.7. The van der Waals surface area contributed by atoms with Crippen LogP contribution in [0.3, 0.4) is 0 Å². The van der Waals surface area contributed by atoms with Gasteiger partial charge in [0.25, 0.3) is 5.69 Å². The van der Waals surface area contributed by atoms with E-state index in [1.165, 1.54) is 26.4 Å². The van der Waals surface area contributed by atoms with Crippen molar-refractivity contribution < 1.29 is 41.7 Å². The first-order valence-electron chi connectivity index (χ1n) is 12.2. The van der Waals surface area contributed by atoms with Gasteiger partial charge < -0.3 is 19.7 Å². The van der Waals surface area contributed by atoms with Gasteiger partial charge in [0.2, 0.25) is 0 Å². The van der Waals surface area contributed by atoms with Gasteiger partial charge in [-0.3, -0.25) is 34.9 Å². The summed E-state index contributed by atoms with van der Waals surface area (Å²) < 4.78 is 11.4. The van der Waals surface area contributed by atoms with Gasteiger partial charge in [-0.2, -0.15) is 0 Å². The van der Waals surface area contributed by atoms with Crippen LogP contribution in [0.15, 0.2) is 22.1 Å². The van der Waals surface area contributed by atoms with Gasteiger partial charge >= 0.3 is 17.1 Å². The number of rotatable bonds is 3. The van der Waals surface area contributed by atoms with Gasteiger partial charge in [0.1, 0.15) is 11.2 Å². The zero-order valence-electron chi connectivity index (χ0n) is 23.3. The first-order chi connectivity index (χ1) is 17.0. The molecule has 38 heavy (non-hydrogen) atoms. The third-order valence-corrected chi connectivity index (χ3v) is 6.78. The fourth-order valence-corrected chi connectivity index (χ4v) is 4.94. The maximum absolute atomic E-state index is 13.5. The van der Waals surface area contributed by atoms with Crippen LogP contribution in [0, 0.1) is 10.1 Å². The van der Waals surface area contributed by atoms with Crippen molar-refractivity contribution in [3.05, 3.63) is 33.6 Å². The van der Waals surface area contributed by atoms with Crippen LogP contribution >= 0.6 is 0 Å². The Labute approximate surface area is 234 Å². The summed E-state index contributed by atoms with van der Waals surface area (Å²) in [5.74, 6) is -0.820. The van der Waals surface area contributed by atoms with E-state index < -0.39 is 39.0 Å². The predicted molar refractivity (Wildman–Crippen MR) is 135 cm³/mol. The van der Waals surface area contributed by atoms with Gasteiger partial charge in [0.15, 0.2) is 0 Å². The van der Waals surface area contributed by atoms with E-state index >= 15 is 0 Å². The molecule has 0 amide bonds. The van der Waals surface area contributed by atoms with Crippen molar-refractivity contribution in [3.8, 4) is 0 Å². The van der Waals surface area contributed by atoms with E-state index in [2.05, 4.69) is 9.98 Å². The molecule has 3 rings (SSSR count). The van der Waals surface area contributed by atoms with Gasteiger partial charge in [0.05, 0.1) is 27.4 Å². The second-order valence-corrected chi connectivity index (χ2v) is 11.7. The van der Waals surface area contributed by atoms with Crippen molar-refractivity contribution in [1.82, 2.24) is 14.8 Å². The summed E-state index contributed by atoms with van der Waals surface area (Å²) in [6.45, 7) is 11.7. The smallest absolute Gasteiger partial charge is 0.860 e. The Morgan fingerprint density at radius 2 is 1.16 bits per heavy atom. The van der Waals surface area contributed by atoms with Crippen molar-refractivity contribution in [2.24, 2.45) is 9.98 Å². The number of hydrogen-bond donors (Lipinski definition) is 0. The Hall–Kier alpha value is -2.15. The monoisotopic (exact) mass is 581 g/mol. The molecular formula is C25H38CuN6O6. The average Bonchev–Trinajstić information content (AvgIpc) is 2.76. The Morgan fingerprint density at radius 1 is 0.789 bits per heavy atom. The molecule has 3 heterocycles. The molecule has 0 spiro atoms. The number of aliphatic imine (C=N–C) groups is 2. The van der Waals surface area contributed by atoms with E-state index in [0.717, 1.165) is 0 Å². The van der Waals surface area contributed by atoms with Crippen molar-refractivity contribution >= 4 is 17.5 Å². The Kier molecular flexibility index (Phi) is 9.73. The maximum Gasteiger partial charge on any atom is 2.00 e. The molecule has 13 heteroatoms. The predicted octanol–water partition coefficient (Wildman–Crippen LogP) is 0.504. The SMILES string of the molecule is CO[C@]1(C)CN2Cc3cc([N+](=O)[O-])cc(n3)CN(CC(C)(C)N=C1[O-])C[C@](C)(OC)C([O-])=NC(C)(C)C2.[Cu+2]. The summed E-state index contributed by atoms with van der Waals surface area (Å²) in [5, 5.41) is 38.8. The topological polar surface area (TPSA) is 152 Å². The largest absolute Gasteiger partial charge is 2.00 e. The van der Waals surface area contributed by atoms with E-state index in [1.54, 1.807) is 13.8 Å². The minimum Gasteiger partial charge on any atom is -0.860 e. The molecule has 2 aliphatic rings. The molecular weight excluding hydrogens is 544 g/mol. The molecule has 1 radical (unpaired) electrons. The molecule has 0 aromatic carbocycles. The van der Waals surface area contributed by atoms with Crippen LogP contribution in [0.5, 0.6) is 0 Å². The third-order valence-electron chi connectivity index (χ3n) is 6.78. The molecule has 0 saturated carbocycles. The zero-order valence-corrected chi connectivity index (χ0v) is 24.3. The average molecular weight is 582 g/mol. The standard InChI is InChI=1S/C25H40N6O6.Cu/c1-22(2)13-29-11-17-9-19(31(34)35)10-18(26-17)12-30(16-24(5,36-7)20(32)27-22)14-23(3,4)28-21(33)25(6,15-29)37-8;/h9-10H,11-16H2,1-8H3,(H,27,32)(H,28,33);/q;+2/p-2/t24-,25+;. The third kappa shape index (κ3) is 7.49. The summed E-state index contributed by atoms with van der Waals surface area (Å²) in [4.78, 5) is 28.9. The minimum absolute atomic E-state index is 0. The number of nitrogens with zero attached hydrogens (tertiary/aromatic N) is 6. The van der Waals surface area contributed by atoms with Gasteiger partial charge in [-0.1, -0.05) is 0 Å². The summed E-state index contributed by atoms with van der Waals surface area (Å²) in [6, 6.07) is 2.88. The van der Waals surface area contributed by atoms with Gasteiger partial charge in [-0.05, 0) is 53.3 Å². The van der Waals surface area contributed by atoms with E-state index in [-0.39, 0.29) is 62.0 Å². The molecule has 4 bridgehead atoms. The first-order valence-corrected chi connectivity index (χ1v) is 12.2. The van der Waals surface area contributed by atoms with E-state index in [4.69, 9.17) is 14.5 Å². The number of nitro groups is 1. The molecule has 215 valence electrons. The summed E-state index contributed by atoms with van der Waals surface area (Å²) in [6.07, 6.45) is 0. The summed E-state index contributed by atoms with van der Waals surface area (Å²) in [7, 11) is 2.91. The van der Waals surface area contributed by atoms with Crippen molar-refractivity contribution in [2.75, 3.05) is 40.4 Å².